The van der Waals surface area contributed by atoms with E-state index in [-0.39, 0.29) is 18.5 Å². The lowest BCUT2D eigenvalue weighted by atomic mass is 10.0. The predicted octanol–water partition coefficient (Wildman–Crippen LogP) is 1.98. The quantitative estimate of drug-likeness (QED) is 0.410. The van der Waals surface area contributed by atoms with Crippen LogP contribution in [0.25, 0.3) is 22.3 Å². The Balaban J connectivity index is 1.80. The average Bonchev–Trinajstić information content (AvgIpc) is 2.77. The van der Waals surface area contributed by atoms with Gasteiger partial charge in [-0.1, -0.05) is 24.3 Å². The first-order valence-electron chi connectivity index (χ1n) is 9.79. The lowest BCUT2D eigenvalue weighted by Gasteiger charge is -2.25. The summed E-state index contributed by atoms with van der Waals surface area (Å²) < 4.78 is 23.6. The van der Waals surface area contributed by atoms with E-state index in [1.165, 1.54) is 23.0 Å². The van der Waals surface area contributed by atoms with Crippen LogP contribution >= 0.6 is 0 Å². The normalized spacial score (nSPS) is 13.4. The Morgan fingerprint density at radius 2 is 1.62 bits per heavy atom. The molecule has 3 aromatic rings. The molecule has 0 aliphatic rings. The molecular weight excluding hydrogens is 432 g/mol. The number of benzene rings is 1. The molecule has 32 heavy (non-hydrogen) atoms. The predicted molar refractivity (Wildman–Crippen MR) is 120 cm³/mol. The molecular formula is C22H24N4O5S. The Morgan fingerprint density at radius 3 is 2.12 bits per heavy atom. The number of hydrogen-bond donors (Lipinski definition) is 2. The number of amides is 1. The summed E-state index contributed by atoms with van der Waals surface area (Å²) in [6.45, 7) is 3.02. The van der Waals surface area contributed by atoms with E-state index < -0.39 is 20.5 Å². The average molecular weight is 457 g/mol. The molecule has 1 unspecified atom stereocenters. The largest absolute Gasteiger partial charge is 0.315 e. The standard InChI is InChI=1S/C22H24N4O5S/c1-15-23-13-19(14-24-15)17-6-4-16(5-7-17)18-8-10-26(20(27)12-18)11-9-22(2,21(28)25-29)32(3,30)31/h4-8,10,12-14,29H,9,11H2,1-3H3,(H,25,28). The van der Waals surface area contributed by atoms with Crippen LogP contribution in [0.3, 0.4) is 0 Å². The zero-order valence-electron chi connectivity index (χ0n) is 17.9. The van der Waals surface area contributed by atoms with Crippen LogP contribution in [-0.4, -0.2) is 45.1 Å². The molecule has 0 aliphatic carbocycles. The Morgan fingerprint density at radius 1 is 1.06 bits per heavy atom. The smallest absolute Gasteiger partial charge is 0.264 e. The number of pyridine rings is 1. The lowest BCUT2D eigenvalue weighted by molar-refractivity contribution is -0.131. The van der Waals surface area contributed by atoms with Gasteiger partial charge in [0.1, 0.15) is 5.82 Å². The summed E-state index contributed by atoms with van der Waals surface area (Å²) in [5, 5.41) is 8.91. The van der Waals surface area contributed by atoms with Crippen LogP contribution in [0, 0.1) is 6.92 Å². The Hall–Kier alpha value is -3.37. The SMILES string of the molecule is Cc1ncc(-c2ccc(-c3ccn(CCC(C)(C(=O)NO)S(C)(=O)=O)c(=O)c3)cc2)cn1. The second-order valence-corrected chi connectivity index (χ2v) is 10.2. The van der Waals surface area contributed by atoms with Crippen molar-refractivity contribution in [2.24, 2.45) is 0 Å². The second kappa shape index (κ2) is 9.01. The van der Waals surface area contributed by atoms with E-state index in [9.17, 15) is 18.0 Å². The summed E-state index contributed by atoms with van der Waals surface area (Å²) in [4.78, 5) is 32.9. The number of aromatic nitrogens is 3. The van der Waals surface area contributed by atoms with Gasteiger partial charge in [-0.3, -0.25) is 14.8 Å². The maximum atomic E-state index is 12.6. The topological polar surface area (TPSA) is 131 Å². The van der Waals surface area contributed by atoms with Gasteiger partial charge >= 0.3 is 0 Å². The minimum atomic E-state index is -3.84. The van der Waals surface area contributed by atoms with Crippen molar-refractivity contribution in [3.63, 3.8) is 0 Å². The molecule has 2 N–H and O–H groups in total. The van der Waals surface area contributed by atoms with Gasteiger partial charge in [0.25, 0.3) is 11.5 Å². The third kappa shape index (κ3) is 4.76. The summed E-state index contributed by atoms with van der Waals surface area (Å²) in [7, 11) is -3.84. The lowest BCUT2D eigenvalue weighted by Crippen LogP contribution is -2.49. The van der Waals surface area contributed by atoms with E-state index in [2.05, 4.69) is 9.97 Å². The number of nitrogens with one attached hydrogen (secondary N) is 1. The minimum absolute atomic E-state index is 0.0114. The van der Waals surface area contributed by atoms with Crippen molar-refractivity contribution in [2.75, 3.05) is 6.26 Å². The zero-order chi connectivity index (χ0) is 23.5. The summed E-state index contributed by atoms with van der Waals surface area (Å²) >= 11 is 0. The van der Waals surface area contributed by atoms with Crippen molar-refractivity contribution in [2.45, 2.75) is 31.6 Å². The molecule has 0 saturated heterocycles. The van der Waals surface area contributed by atoms with E-state index in [1.807, 2.05) is 31.2 Å². The van der Waals surface area contributed by atoms with E-state index in [0.29, 0.717) is 11.4 Å². The fourth-order valence-electron chi connectivity index (χ4n) is 3.19. The third-order valence-electron chi connectivity index (χ3n) is 5.56. The first-order valence-corrected chi connectivity index (χ1v) is 11.7. The van der Waals surface area contributed by atoms with Crippen LogP contribution in [0.1, 0.15) is 19.2 Å². The minimum Gasteiger partial charge on any atom is -0.315 e. The molecule has 0 fully saturated rings. The van der Waals surface area contributed by atoms with Gasteiger partial charge in [-0.2, -0.15) is 0 Å². The molecule has 168 valence electrons. The number of carbonyl (C=O) groups excluding carboxylic acids is 1. The molecule has 0 aliphatic heterocycles. The molecule has 9 nitrogen and oxygen atoms in total. The van der Waals surface area contributed by atoms with Gasteiger partial charge in [-0.25, -0.2) is 23.9 Å². The third-order valence-corrected chi connectivity index (χ3v) is 7.58. The summed E-state index contributed by atoms with van der Waals surface area (Å²) in [5.41, 5.74) is 4.45. The molecule has 1 aromatic carbocycles. The van der Waals surface area contributed by atoms with Crippen molar-refractivity contribution in [1.29, 1.82) is 0 Å². The number of sulfone groups is 1. The molecule has 10 heteroatoms. The number of nitrogens with zero attached hydrogens (tertiary/aromatic N) is 3. The van der Waals surface area contributed by atoms with Crippen LogP contribution in [0.2, 0.25) is 0 Å². The van der Waals surface area contributed by atoms with Crippen LogP contribution in [0.4, 0.5) is 0 Å². The number of hydrogen-bond acceptors (Lipinski definition) is 7. The van der Waals surface area contributed by atoms with Crippen LogP contribution in [0.15, 0.2) is 59.8 Å². The van der Waals surface area contributed by atoms with E-state index in [1.54, 1.807) is 24.7 Å². The number of hydroxylamine groups is 1. The highest BCUT2D eigenvalue weighted by Crippen LogP contribution is 2.24. The molecule has 0 radical (unpaired) electrons. The molecule has 3 rings (SSSR count). The van der Waals surface area contributed by atoms with Gasteiger partial charge in [0, 0.05) is 43.0 Å². The van der Waals surface area contributed by atoms with Gasteiger partial charge in [0.2, 0.25) is 0 Å². The van der Waals surface area contributed by atoms with Crippen molar-refractivity contribution >= 4 is 15.7 Å². The molecule has 0 bridgehead atoms. The summed E-state index contributed by atoms with van der Waals surface area (Å²) in [5.74, 6) is -0.344. The first kappa shape index (κ1) is 23.3. The fraction of sp³-hybridized carbons (Fsp3) is 0.273. The highest BCUT2D eigenvalue weighted by atomic mass is 32.2. The molecule has 2 heterocycles. The molecule has 1 amide bonds. The second-order valence-electron chi connectivity index (χ2n) is 7.74. The summed E-state index contributed by atoms with van der Waals surface area (Å²) in [6, 6.07) is 10.8. The maximum Gasteiger partial charge on any atom is 0.264 e. The Bertz CT molecular complexity index is 1290. The van der Waals surface area contributed by atoms with Gasteiger partial charge in [-0.05, 0) is 43.0 Å². The van der Waals surface area contributed by atoms with Crippen molar-refractivity contribution in [3.05, 3.63) is 71.2 Å². The van der Waals surface area contributed by atoms with E-state index in [4.69, 9.17) is 5.21 Å². The fourth-order valence-corrected chi connectivity index (χ4v) is 4.03. The molecule has 0 spiro atoms. The summed E-state index contributed by atoms with van der Waals surface area (Å²) in [6.07, 6.45) is 5.80. The monoisotopic (exact) mass is 456 g/mol. The first-order chi connectivity index (χ1) is 15.0. The number of aryl methyl sites for hydroxylation is 2. The highest BCUT2D eigenvalue weighted by Gasteiger charge is 2.43. The van der Waals surface area contributed by atoms with Crippen molar-refractivity contribution in [3.8, 4) is 22.3 Å². The molecule has 1 atom stereocenters. The van der Waals surface area contributed by atoms with Crippen LogP contribution in [0.5, 0.6) is 0 Å². The zero-order valence-corrected chi connectivity index (χ0v) is 18.8. The van der Waals surface area contributed by atoms with Crippen LogP contribution in [-0.2, 0) is 21.2 Å². The van der Waals surface area contributed by atoms with E-state index in [0.717, 1.165) is 22.9 Å². The van der Waals surface area contributed by atoms with Gasteiger partial charge < -0.3 is 4.57 Å². The van der Waals surface area contributed by atoms with E-state index >= 15 is 0 Å². The number of carbonyl (C=O) groups is 1. The molecule has 2 aromatic heterocycles. The Labute approximate surface area is 185 Å². The van der Waals surface area contributed by atoms with Crippen molar-refractivity contribution < 1.29 is 18.4 Å². The molecule has 0 saturated carbocycles. The maximum absolute atomic E-state index is 12.6. The van der Waals surface area contributed by atoms with Gasteiger partial charge in [-0.15, -0.1) is 0 Å². The highest BCUT2D eigenvalue weighted by molar-refractivity contribution is 7.92. The van der Waals surface area contributed by atoms with Gasteiger partial charge in [0.05, 0.1) is 0 Å². The Kier molecular flexibility index (Phi) is 6.56. The van der Waals surface area contributed by atoms with Gasteiger partial charge in [0.15, 0.2) is 14.6 Å². The number of rotatable bonds is 7. The van der Waals surface area contributed by atoms with Crippen molar-refractivity contribution in [1.82, 2.24) is 20.0 Å². The van der Waals surface area contributed by atoms with Crippen LogP contribution < -0.4 is 11.0 Å².